The first kappa shape index (κ1) is 22.1. The molecule has 0 radical (unpaired) electrons. The Morgan fingerprint density at radius 1 is 1.24 bits per heavy atom. The van der Waals surface area contributed by atoms with E-state index in [4.69, 9.17) is 14.2 Å². The maximum absolute atomic E-state index is 11.9. The lowest BCUT2D eigenvalue weighted by molar-refractivity contribution is -0.170. The Labute approximate surface area is 174 Å². The van der Waals surface area contributed by atoms with Crippen molar-refractivity contribution in [2.75, 3.05) is 6.61 Å². The molecule has 1 heterocycles. The lowest BCUT2D eigenvalue weighted by Crippen LogP contribution is -2.54. The summed E-state index contributed by atoms with van der Waals surface area (Å²) in [6.07, 6.45) is 8.09. The van der Waals surface area contributed by atoms with Gasteiger partial charge in [-0.2, -0.15) is 0 Å². The molecular weight excluding hydrogens is 368 g/mol. The molecule has 0 spiro atoms. The van der Waals surface area contributed by atoms with Crippen molar-refractivity contribution in [2.24, 2.45) is 17.3 Å². The van der Waals surface area contributed by atoms with Gasteiger partial charge >= 0.3 is 11.9 Å². The van der Waals surface area contributed by atoms with Gasteiger partial charge in [-0.05, 0) is 63.4 Å². The fourth-order valence-electron chi connectivity index (χ4n) is 5.45. The van der Waals surface area contributed by atoms with Crippen LogP contribution in [0.2, 0.25) is 0 Å². The molecule has 1 saturated heterocycles. The third kappa shape index (κ3) is 4.76. The van der Waals surface area contributed by atoms with E-state index in [1.54, 1.807) is 0 Å². The summed E-state index contributed by atoms with van der Waals surface area (Å²) in [5.74, 6) is 0.415. The van der Waals surface area contributed by atoms with E-state index in [0.29, 0.717) is 24.4 Å². The molecule has 6 atom stereocenters. The maximum atomic E-state index is 11.9. The van der Waals surface area contributed by atoms with E-state index in [9.17, 15) is 9.59 Å². The van der Waals surface area contributed by atoms with Gasteiger partial charge in [-0.3, -0.25) is 9.59 Å². The lowest BCUT2D eigenvalue weighted by Gasteiger charge is -2.57. The standard InChI is InChI=1S/C24H36O5/c1-15(14-27-17(3)25)7-9-21(28-18(4)26)23(5)13-19-16(2)8-10-22-24(6,29-22)12-11-20(19)23/h7,19-22H,2,8-14H2,1,3-6H3/b15-7-/t19-,20-,21-,22-,23-,24-/m0/s1. The minimum atomic E-state index is -0.290. The second kappa shape index (κ2) is 8.25. The minimum absolute atomic E-state index is 0.0170. The Balaban J connectivity index is 1.74. The highest BCUT2D eigenvalue weighted by molar-refractivity contribution is 5.66. The van der Waals surface area contributed by atoms with Gasteiger partial charge in [-0.1, -0.05) is 25.2 Å². The summed E-state index contributed by atoms with van der Waals surface area (Å²) >= 11 is 0. The van der Waals surface area contributed by atoms with Crippen LogP contribution in [-0.2, 0) is 23.8 Å². The van der Waals surface area contributed by atoms with Crippen molar-refractivity contribution in [3.8, 4) is 0 Å². The van der Waals surface area contributed by atoms with Gasteiger partial charge < -0.3 is 14.2 Å². The van der Waals surface area contributed by atoms with Crippen molar-refractivity contribution >= 4 is 11.9 Å². The monoisotopic (exact) mass is 404 g/mol. The molecule has 3 fully saturated rings. The number of rotatable bonds is 6. The van der Waals surface area contributed by atoms with Gasteiger partial charge in [0.2, 0.25) is 0 Å². The Morgan fingerprint density at radius 3 is 2.62 bits per heavy atom. The van der Waals surface area contributed by atoms with Gasteiger partial charge in [0.05, 0.1) is 11.7 Å². The molecule has 2 aliphatic carbocycles. The SMILES string of the molecule is C=C1CC[C@@H]2O[C@@]2(C)CC[C@H]2[C@H]1C[C@]2(C)[C@H](C/C=C(/C)COC(C)=O)OC(C)=O. The topological polar surface area (TPSA) is 65.1 Å². The number of hydrogen-bond acceptors (Lipinski definition) is 5. The van der Waals surface area contributed by atoms with Gasteiger partial charge in [0, 0.05) is 25.7 Å². The van der Waals surface area contributed by atoms with Crippen LogP contribution in [0.15, 0.2) is 23.8 Å². The highest BCUT2D eigenvalue weighted by Gasteiger charge is 2.59. The largest absolute Gasteiger partial charge is 0.462 e. The summed E-state index contributed by atoms with van der Waals surface area (Å²) in [6.45, 7) is 14.0. The van der Waals surface area contributed by atoms with E-state index < -0.39 is 0 Å². The van der Waals surface area contributed by atoms with Crippen LogP contribution in [0.1, 0.15) is 73.1 Å². The van der Waals surface area contributed by atoms with Crippen molar-refractivity contribution in [1.29, 1.82) is 0 Å². The van der Waals surface area contributed by atoms with Gasteiger partial charge in [-0.15, -0.1) is 0 Å². The van der Waals surface area contributed by atoms with Gasteiger partial charge in [-0.25, -0.2) is 0 Å². The van der Waals surface area contributed by atoms with Crippen LogP contribution in [0.5, 0.6) is 0 Å². The van der Waals surface area contributed by atoms with E-state index >= 15 is 0 Å². The number of hydrogen-bond donors (Lipinski definition) is 0. The Morgan fingerprint density at radius 2 is 1.97 bits per heavy atom. The Hall–Kier alpha value is -1.62. The molecule has 0 amide bonds. The quantitative estimate of drug-likeness (QED) is 0.363. The van der Waals surface area contributed by atoms with Crippen LogP contribution >= 0.6 is 0 Å². The van der Waals surface area contributed by atoms with E-state index in [1.807, 2.05) is 13.0 Å². The van der Waals surface area contributed by atoms with E-state index in [0.717, 1.165) is 37.7 Å². The van der Waals surface area contributed by atoms with Crippen LogP contribution in [-0.4, -0.2) is 36.4 Å². The molecule has 0 bridgehead atoms. The zero-order valence-electron chi connectivity index (χ0n) is 18.6. The summed E-state index contributed by atoms with van der Waals surface area (Å²) < 4.78 is 16.9. The van der Waals surface area contributed by atoms with Crippen LogP contribution in [0.3, 0.4) is 0 Å². The number of carbonyl (C=O) groups is 2. The third-order valence-electron chi connectivity index (χ3n) is 7.46. The zero-order chi connectivity index (χ0) is 21.4. The summed E-state index contributed by atoms with van der Waals surface area (Å²) in [6, 6.07) is 0. The van der Waals surface area contributed by atoms with Crippen LogP contribution in [0, 0.1) is 17.3 Å². The third-order valence-corrected chi connectivity index (χ3v) is 7.46. The minimum Gasteiger partial charge on any atom is -0.462 e. The van der Waals surface area contributed by atoms with Gasteiger partial charge in [0.25, 0.3) is 0 Å². The first-order valence-electron chi connectivity index (χ1n) is 10.9. The first-order valence-corrected chi connectivity index (χ1v) is 10.9. The van der Waals surface area contributed by atoms with Crippen molar-refractivity contribution in [2.45, 2.75) is 91.0 Å². The van der Waals surface area contributed by atoms with E-state index in [1.165, 1.54) is 19.4 Å². The van der Waals surface area contributed by atoms with Gasteiger partial charge in [0.1, 0.15) is 12.7 Å². The predicted octanol–water partition coefficient (Wildman–Crippen LogP) is 4.75. The van der Waals surface area contributed by atoms with Crippen LogP contribution < -0.4 is 0 Å². The highest BCUT2D eigenvalue weighted by atomic mass is 16.6. The summed E-state index contributed by atoms with van der Waals surface area (Å²) in [5.41, 5.74) is 2.24. The van der Waals surface area contributed by atoms with Crippen LogP contribution in [0.25, 0.3) is 0 Å². The smallest absolute Gasteiger partial charge is 0.302 e. The van der Waals surface area contributed by atoms with Crippen molar-refractivity contribution < 1.29 is 23.8 Å². The normalized spacial score (nSPS) is 37.6. The molecular formula is C24H36O5. The average molecular weight is 405 g/mol. The lowest BCUT2D eigenvalue weighted by atomic mass is 9.49. The second-order valence-corrected chi connectivity index (χ2v) is 9.74. The van der Waals surface area contributed by atoms with Gasteiger partial charge in [0.15, 0.2) is 0 Å². The molecule has 0 aromatic heterocycles. The summed E-state index contributed by atoms with van der Waals surface area (Å²) in [4.78, 5) is 22.9. The molecule has 3 rings (SSSR count). The molecule has 162 valence electrons. The fourth-order valence-corrected chi connectivity index (χ4v) is 5.45. The molecule has 0 unspecified atom stereocenters. The summed E-state index contributed by atoms with van der Waals surface area (Å²) in [7, 11) is 0. The van der Waals surface area contributed by atoms with Crippen molar-refractivity contribution in [1.82, 2.24) is 0 Å². The second-order valence-electron chi connectivity index (χ2n) is 9.74. The molecule has 29 heavy (non-hydrogen) atoms. The molecule has 5 nitrogen and oxygen atoms in total. The number of fused-ring (bicyclic) bond motifs is 2. The Bertz CT molecular complexity index is 710. The number of esters is 2. The number of epoxide rings is 1. The fraction of sp³-hybridized carbons (Fsp3) is 0.750. The summed E-state index contributed by atoms with van der Waals surface area (Å²) in [5, 5.41) is 0. The zero-order valence-corrected chi connectivity index (χ0v) is 18.6. The molecule has 0 N–H and O–H groups in total. The molecule has 2 saturated carbocycles. The number of ether oxygens (including phenoxy) is 3. The maximum Gasteiger partial charge on any atom is 0.302 e. The molecule has 5 heteroatoms. The average Bonchev–Trinajstić information content (AvgIpc) is 3.27. The molecule has 0 aromatic rings. The molecule has 3 aliphatic rings. The van der Waals surface area contributed by atoms with E-state index in [2.05, 4.69) is 20.4 Å². The number of carbonyl (C=O) groups excluding carboxylic acids is 2. The Kier molecular flexibility index (Phi) is 6.28. The number of allylic oxidation sites excluding steroid dienone is 1. The van der Waals surface area contributed by atoms with Crippen molar-refractivity contribution in [3.05, 3.63) is 23.8 Å². The highest BCUT2D eigenvalue weighted by Crippen LogP contribution is 2.61. The first-order chi connectivity index (χ1) is 13.5. The molecule has 0 aromatic carbocycles. The van der Waals surface area contributed by atoms with Crippen LogP contribution in [0.4, 0.5) is 0 Å². The van der Waals surface area contributed by atoms with Crippen molar-refractivity contribution in [3.63, 3.8) is 0 Å². The van der Waals surface area contributed by atoms with E-state index in [-0.39, 0.29) is 35.7 Å². The predicted molar refractivity (Wildman–Crippen MR) is 111 cm³/mol. The molecule has 1 aliphatic heterocycles.